The number of aryl methyl sites for hydroxylation is 1. The first kappa shape index (κ1) is 19.3. The highest BCUT2D eigenvalue weighted by atomic mass is 32.1. The number of aromatic nitrogens is 4. The third-order valence-electron chi connectivity index (χ3n) is 4.29. The minimum absolute atomic E-state index is 0.0403. The lowest BCUT2D eigenvalue weighted by molar-refractivity contribution is -0.116. The molecule has 0 fully saturated rings. The normalized spacial score (nSPS) is 11.0. The molecule has 0 spiro atoms. The molecule has 0 saturated heterocycles. The Balaban J connectivity index is 1.53. The largest absolute Gasteiger partial charge is 0.494 e. The van der Waals surface area contributed by atoms with Gasteiger partial charge in [-0.05, 0) is 44.3 Å². The summed E-state index contributed by atoms with van der Waals surface area (Å²) in [5.41, 5.74) is 2.85. The molecule has 0 saturated carbocycles. The highest BCUT2D eigenvalue weighted by molar-refractivity contribution is 7.71. The van der Waals surface area contributed by atoms with Crippen molar-refractivity contribution in [3.63, 3.8) is 0 Å². The van der Waals surface area contributed by atoms with Crippen molar-refractivity contribution in [1.82, 2.24) is 19.7 Å². The molecule has 4 aromatic rings. The van der Waals surface area contributed by atoms with E-state index in [4.69, 9.17) is 17.0 Å². The van der Waals surface area contributed by atoms with Gasteiger partial charge in [0, 0.05) is 5.56 Å². The number of nitrogens with one attached hydrogen (secondary N) is 2. The Kier molecular flexibility index (Phi) is 5.41. The van der Waals surface area contributed by atoms with Gasteiger partial charge in [0.05, 0.1) is 16.8 Å². The van der Waals surface area contributed by atoms with E-state index in [2.05, 4.69) is 20.5 Å². The van der Waals surface area contributed by atoms with E-state index in [1.807, 2.05) is 56.3 Å². The Hall–Kier alpha value is -3.04. The maximum absolute atomic E-state index is 12.6. The lowest BCUT2D eigenvalue weighted by Crippen LogP contribution is -2.19. The summed E-state index contributed by atoms with van der Waals surface area (Å²) in [6.07, 6.45) is 0. The van der Waals surface area contributed by atoms with Gasteiger partial charge in [-0.25, -0.2) is 4.98 Å². The van der Waals surface area contributed by atoms with Crippen LogP contribution in [0.3, 0.4) is 0 Å². The topological polar surface area (TPSA) is 84.8 Å². The summed E-state index contributed by atoms with van der Waals surface area (Å²) < 4.78 is 8.53. The van der Waals surface area contributed by atoms with Crippen LogP contribution < -0.4 is 10.1 Å². The Morgan fingerprint density at radius 1 is 1.28 bits per heavy atom. The lowest BCUT2D eigenvalue weighted by Gasteiger charge is -2.07. The van der Waals surface area contributed by atoms with Gasteiger partial charge in [-0.15, -0.1) is 0 Å². The van der Waals surface area contributed by atoms with E-state index in [1.165, 1.54) is 11.3 Å². The second-order valence-corrected chi connectivity index (χ2v) is 7.85. The molecule has 0 unspecified atom stereocenters. The predicted molar refractivity (Wildman–Crippen MR) is 117 cm³/mol. The van der Waals surface area contributed by atoms with E-state index in [0.717, 1.165) is 27.1 Å². The number of aromatic amines is 1. The molecule has 2 aromatic carbocycles. The van der Waals surface area contributed by atoms with Gasteiger partial charge in [0.15, 0.2) is 15.7 Å². The molecule has 2 aromatic heterocycles. The molecular formula is C20H19N5O2S2. The van der Waals surface area contributed by atoms with Crippen molar-refractivity contribution in [3.8, 4) is 17.1 Å². The predicted octanol–water partition coefficient (Wildman–Crippen LogP) is 4.56. The SMILES string of the molecule is CCOc1ccc2nc(NC(=O)Cn3c(-c4ccc(C)cc4)n[nH]c3=S)sc2c1. The van der Waals surface area contributed by atoms with Gasteiger partial charge >= 0.3 is 0 Å². The maximum atomic E-state index is 12.6. The molecule has 0 bridgehead atoms. The highest BCUT2D eigenvalue weighted by Crippen LogP contribution is 2.29. The summed E-state index contributed by atoms with van der Waals surface area (Å²) in [5.74, 6) is 1.18. The number of carbonyl (C=O) groups excluding carboxylic acids is 1. The molecule has 7 nitrogen and oxygen atoms in total. The first-order valence-electron chi connectivity index (χ1n) is 9.09. The van der Waals surface area contributed by atoms with Crippen LogP contribution in [0.1, 0.15) is 12.5 Å². The monoisotopic (exact) mass is 425 g/mol. The smallest absolute Gasteiger partial charge is 0.246 e. The second-order valence-electron chi connectivity index (χ2n) is 6.43. The number of hydrogen-bond acceptors (Lipinski definition) is 6. The standard InChI is InChI=1S/C20H19N5O2S2/c1-3-27-14-8-9-15-16(10-14)29-19(21-15)22-17(26)11-25-18(23-24-20(25)28)13-6-4-12(2)5-7-13/h4-10H,3,11H2,1-2H3,(H,24,28)(H,21,22,26). The fraction of sp³-hybridized carbons (Fsp3) is 0.200. The Morgan fingerprint density at radius 2 is 2.07 bits per heavy atom. The van der Waals surface area contributed by atoms with Crippen molar-refractivity contribution in [2.75, 3.05) is 11.9 Å². The van der Waals surface area contributed by atoms with Crippen LogP contribution in [0.15, 0.2) is 42.5 Å². The van der Waals surface area contributed by atoms with E-state index >= 15 is 0 Å². The minimum Gasteiger partial charge on any atom is -0.494 e. The highest BCUT2D eigenvalue weighted by Gasteiger charge is 2.14. The van der Waals surface area contributed by atoms with Crippen LogP contribution in [0, 0.1) is 11.7 Å². The molecule has 1 amide bonds. The van der Waals surface area contributed by atoms with Gasteiger partial charge in [-0.1, -0.05) is 41.2 Å². The maximum Gasteiger partial charge on any atom is 0.246 e. The summed E-state index contributed by atoms with van der Waals surface area (Å²) >= 11 is 6.71. The molecule has 9 heteroatoms. The van der Waals surface area contributed by atoms with Crippen molar-refractivity contribution in [2.24, 2.45) is 0 Å². The van der Waals surface area contributed by atoms with Gasteiger partial charge in [-0.3, -0.25) is 14.5 Å². The second kappa shape index (κ2) is 8.14. The zero-order valence-corrected chi connectivity index (χ0v) is 17.6. The number of benzene rings is 2. The molecule has 29 heavy (non-hydrogen) atoms. The van der Waals surface area contributed by atoms with Crippen molar-refractivity contribution >= 4 is 44.8 Å². The molecule has 0 aliphatic carbocycles. The molecule has 2 N–H and O–H groups in total. The third-order valence-corrected chi connectivity index (χ3v) is 5.53. The number of carbonyl (C=O) groups is 1. The summed E-state index contributed by atoms with van der Waals surface area (Å²) in [7, 11) is 0. The zero-order chi connectivity index (χ0) is 20.4. The average molecular weight is 426 g/mol. The van der Waals surface area contributed by atoms with Crippen LogP contribution in [0.25, 0.3) is 21.6 Å². The van der Waals surface area contributed by atoms with Gasteiger partial charge in [0.25, 0.3) is 0 Å². The summed E-state index contributed by atoms with van der Waals surface area (Å²) in [6.45, 7) is 4.60. The molecular weight excluding hydrogens is 406 g/mol. The number of hydrogen-bond donors (Lipinski definition) is 2. The first-order chi connectivity index (χ1) is 14.0. The van der Waals surface area contributed by atoms with Gasteiger partial charge in [0.1, 0.15) is 12.3 Å². The quantitative estimate of drug-likeness (QED) is 0.442. The number of thiazole rings is 1. The van der Waals surface area contributed by atoms with E-state index in [-0.39, 0.29) is 12.5 Å². The number of rotatable bonds is 6. The van der Waals surface area contributed by atoms with E-state index in [0.29, 0.717) is 22.3 Å². The molecule has 4 rings (SSSR count). The Morgan fingerprint density at radius 3 is 2.83 bits per heavy atom. The number of amides is 1. The number of anilines is 1. The van der Waals surface area contributed by atoms with Crippen molar-refractivity contribution in [3.05, 3.63) is 52.8 Å². The third kappa shape index (κ3) is 4.20. The number of ether oxygens (including phenoxy) is 1. The van der Waals surface area contributed by atoms with E-state index < -0.39 is 0 Å². The number of nitrogens with zero attached hydrogens (tertiary/aromatic N) is 3. The van der Waals surface area contributed by atoms with E-state index in [1.54, 1.807) is 4.57 Å². The van der Waals surface area contributed by atoms with Gasteiger partial charge in [0.2, 0.25) is 5.91 Å². The fourth-order valence-electron chi connectivity index (χ4n) is 2.90. The van der Waals surface area contributed by atoms with Gasteiger partial charge < -0.3 is 10.1 Å². The summed E-state index contributed by atoms with van der Waals surface area (Å²) in [4.78, 5) is 17.1. The number of H-pyrrole nitrogens is 1. The molecule has 0 radical (unpaired) electrons. The lowest BCUT2D eigenvalue weighted by atomic mass is 10.1. The van der Waals surface area contributed by atoms with Crippen molar-refractivity contribution in [1.29, 1.82) is 0 Å². The molecule has 0 atom stereocenters. The molecule has 148 valence electrons. The van der Waals surface area contributed by atoms with Crippen molar-refractivity contribution < 1.29 is 9.53 Å². The molecule has 0 aliphatic rings. The van der Waals surface area contributed by atoms with Crippen LogP contribution in [0.4, 0.5) is 5.13 Å². The Bertz CT molecular complexity index is 1220. The fourth-order valence-corrected chi connectivity index (χ4v) is 4.01. The van der Waals surface area contributed by atoms with Gasteiger partial charge in [-0.2, -0.15) is 5.10 Å². The van der Waals surface area contributed by atoms with Crippen LogP contribution in [0.2, 0.25) is 0 Å². The van der Waals surface area contributed by atoms with Crippen LogP contribution in [-0.2, 0) is 11.3 Å². The van der Waals surface area contributed by atoms with Crippen LogP contribution in [0.5, 0.6) is 5.75 Å². The Labute approximate surface area is 176 Å². The zero-order valence-electron chi connectivity index (χ0n) is 15.9. The average Bonchev–Trinajstić information content (AvgIpc) is 3.25. The van der Waals surface area contributed by atoms with E-state index in [9.17, 15) is 4.79 Å². The number of fused-ring (bicyclic) bond motifs is 1. The van der Waals surface area contributed by atoms with Crippen LogP contribution >= 0.6 is 23.6 Å². The van der Waals surface area contributed by atoms with Crippen LogP contribution in [-0.4, -0.2) is 32.3 Å². The summed E-state index contributed by atoms with van der Waals surface area (Å²) in [6, 6.07) is 13.6. The first-order valence-corrected chi connectivity index (χ1v) is 10.3. The minimum atomic E-state index is -0.222. The molecule has 2 heterocycles. The molecule has 0 aliphatic heterocycles. The van der Waals surface area contributed by atoms with Crippen molar-refractivity contribution in [2.45, 2.75) is 20.4 Å². The summed E-state index contributed by atoms with van der Waals surface area (Å²) in [5, 5.41) is 10.4.